The molecular formula is C10H12F3N. The van der Waals surface area contributed by atoms with Gasteiger partial charge in [0.05, 0.1) is 0 Å². The van der Waals surface area contributed by atoms with Gasteiger partial charge in [0.1, 0.15) is 0 Å². The quantitative estimate of drug-likeness (QED) is 0.584. The van der Waals surface area contributed by atoms with E-state index in [4.69, 9.17) is 0 Å². The number of nitrogens with one attached hydrogen (secondary N) is 1. The number of likely N-dealkylation sites (N-methyl/N-ethyl adjacent to an activating group) is 1. The van der Waals surface area contributed by atoms with Gasteiger partial charge >= 0.3 is 0 Å². The van der Waals surface area contributed by atoms with Crippen molar-refractivity contribution in [1.82, 2.24) is 5.32 Å². The molecule has 0 aliphatic rings. The Hall–Kier alpha value is -1.03. The van der Waals surface area contributed by atoms with Gasteiger partial charge in [-0.15, -0.1) is 0 Å². The molecular weight excluding hydrogens is 191 g/mol. The Morgan fingerprint density at radius 1 is 1.14 bits per heavy atom. The summed E-state index contributed by atoms with van der Waals surface area (Å²) in [6, 6.07) is 2.21. The Morgan fingerprint density at radius 2 is 1.86 bits per heavy atom. The predicted octanol–water partition coefficient (Wildman–Crippen LogP) is 2.26. The fourth-order valence-electron chi connectivity index (χ4n) is 1.16. The molecule has 0 unspecified atom stereocenters. The molecule has 0 aromatic heterocycles. The highest BCUT2D eigenvalue weighted by Crippen LogP contribution is 2.15. The molecule has 0 spiro atoms. The lowest BCUT2D eigenvalue weighted by Crippen LogP contribution is -2.17. The van der Waals surface area contributed by atoms with E-state index in [0.717, 1.165) is 12.6 Å². The lowest BCUT2D eigenvalue weighted by atomic mass is 10.1. The summed E-state index contributed by atoms with van der Waals surface area (Å²) < 4.78 is 38.3. The average Bonchev–Trinajstić information content (AvgIpc) is 2.18. The van der Waals surface area contributed by atoms with Gasteiger partial charge in [0.15, 0.2) is 17.5 Å². The highest BCUT2D eigenvalue weighted by molar-refractivity contribution is 5.20. The van der Waals surface area contributed by atoms with Crippen molar-refractivity contribution in [1.29, 1.82) is 0 Å². The van der Waals surface area contributed by atoms with Crippen LogP contribution in [0, 0.1) is 17.5 Å². The van der Waals surface area contributed by atoms with Gasteiger partial charge in [0, 0.05) is 0 Å². The number of hydrogen-bond acceptors (Lipinski definition) is 1. The van der Waals surface area contributed by atoms with Crippen LogP contribution in [0.25, 0.3) is 0 Å². The Bertz CT molecular complexity index is 312. The Kier molecular flexibility index (Phi) is 3.95. The van der Waals surface area contributed by atoms with Crippen LogP contribution in [0.15, 0.2) is 12.1 Å². The molecule has 0 radical (unpaired) electrons. The van der Waals surface area contributed by atoms with E-state index < -0.39 is 17.5 Å². The van der Waals surface area contributed by atoms with Gasteiger partial charge in [-0.25, -0.2) is 13.2 Å². The van der Waals surface area contributed by atoms with E-state index in [1.165, 1.54) is 6.07 Å². The fraction of sp³-hybridized carbons (Fsp3) is 0.400. The monoisotopic (exact) mass is 203 g/mol. The zero-order valence-electron chi connectivity index (χ0n) is 7.91. The van der Waals surface area contributed by atoms with Crippen LogP contribution in [0.5, 0.6) is 0 Å². The number of hydrogen-bond donors (Lipinski definition) is 1. The second-order valence-electron chi connectivity index (χ2n) is 2.94. The van der Waals surface area contributed by atoms with Crippen LogP contribution >= 0.6 is 0 Å². The van der Waals surface area contributed by atoms with Crippen LogP contribution in [0.2, 0.25) is 0 Å². The van der Waals surface area contributed by atoms with Gasteiger partial charge in [0.25, 0.3) is 0 Å². The highest BCUT2D eigenvalue weighted by Gasteiger charge is 2.12. The van der Waals surface area contributed by atoms with Crippen LogP contribution in [0.3, 0.4) is 0 Å². The van der Waals surface area contributed by atoms with Crippen LogP contribution < -0.4 is 5.32 Å². The zero-order chi connectivity index (χ0) is 10.6. The van der Waals surface area contributed by atoms with E-state index in [1.54, 1.807) is 0 Å². The molecule has 0 amide bonds. The van der Waals surface area contributed by atoms with Crippen LogP contribution in [0.4, 0.5) is 13.2 Å². The second kappa shape index (κ2) is 5.00. The van der Waals surface area contributed by atoms with E-state index in [0.29, 0.717) is 13.0 Å². The molecule has 1 aromatic rings. The maximum atomic E-state index is 13.0. The topological polar surface area (TPSA) is 12.0 Å². The first kappa shape index (κ1) is 11.0. The van der Waals surface area contributed by atoms with E-state index in [2.05, 4.69) is 5.32 Å². The largest absolute Gasteiger partial charge is 0.317 e. The van der Waals surface area contributed by atoms with E-state index in [9.17, 15) is 13.2 Å². The average molecular weight is 203 g/mol. The summed E-state index contributed by atoms with van der Waals surface area (Å²) in [4.78, 5) is 0. The summed E-state index contributed by atoms with van der Waals surface area (Å²) in [5, 5.41) is 2.98. The van der Waals surface area contributed by atoms with Gasteiger partial charge in [-0.2, -0.15) is 0 Å². The third kappa shape index (κ3) is 2.48. The van der Waals surface area contributed by atoms with Crippen molar-refractivity contribution in [2.45, 2.75) is 13.3 Å². The van der Waals surface area contributed by atoms with Crippen molar-refractivity contribution in [2.75, 3.05) is 13.1 Å². The summed E-state index contributed by atoms with van der Waals surface area (Å²) in [5.41, 5.74) is 0.199. The van der Waals surface area contributed by atoms with Crippen molar-refractivity contribution >= 4 is 0 Å². The molecule has 78 valence electrons. The lowest BCUT2D eigenvalue weighted by Gasteiger charge is -2.04. The molecule has 1 aromatic carbocycles. The summed E-state index contributed by atoms with van der Waals surface area (Å²) >= 11 is 0. The van der Waals surface area contributed by atoms with Gasteiger partial charge < -0.3 is 5.32 Å². The third-order valence-corrected chi connectivity index (χ3v) is 1.94. The van der Waals surface area contributed by atoms with Gasteiger partial charge in [-0.1, -0.05) is 13.0 Å². The summed E-state index contributed by atoms with van der Waals surface area (Å²) in [7, 11) is 0. The molecule has 0 heterocycles. The molecule has 1 nitrogen and oxygen atoms in total. The Labute approximate surface area is 80.9 Å². The molecule has 1 N–H and O–H groups in total. The zero-order valence-corrected chi connectivity index (χ0v) is 7.91. The molecule has 14 heavy (non-hydrogen) atoms. The maximum absolute atomic E-state index is 13.0. The summed E-state index contributed by atoms with van der Waals surface area (Å²) in [5.74, 6) is -3.61. The first-order chi connectivity index (χ1) is 6.66. The number of benzene rings is 1. The lowest BCUT2D eigenvalue weighted by molar-refractivity contribution is 0.440. The van der Waals surface area contributed by atoms with E-state index in [1.807, 2.05) is 6.92 Å². The van der Waals surface area contributed by atoms with Gasteiger partial charge in [-0.05, 0) is 31.1 Å². The fourth-order valence-corrected chi connectivity index (χ4v) is 1.16. The minimum atomic E-state index is -1.39. The molecule has 0 saturated carbocycles. The van der Waals surface area contributed by atoms with Crippen LogP contribution in [-0.4, -0.2) is 13.1 Å². The van der Waals surface area contributed by atoms with Crippen molar-refractivity contribution in [2.24, 2.45) is 0 Å². The molecule has 0 saturated heterocycles. The summed E-state index contributed by atoms with van der Waals surface area (Å²) in [6.07, 6.45) is 0.358. The predicted molar refractivity (Wildman–Crippen MR) is 48.6 cm³/mol. The molecule has 0 aliphatic carbocycles. The maximum Gasteiger partial charge on any atom is 0.194 e. The Morgan fingerprint density at radius 3 is 2.50 bits per heavy atom. The Balaban J connectivity index is 2.73. The molecule has 0 fully saturated rings. The molecule has 4 heteroatoms. The number of halogens is 3. The smallest absolute Gasteiger partial charge is 0.194 e. The molecule has 1 rings (SSSR count). The second-order valence-corrected chi connectivity index (χ2v) is 2.94. The highest BCUT2D eigenvalue weighted by atomic mass is 19.2. The summed E-state index contributed by atoms with van der Waals surface area (Å²) in [6.45, 7) is 3.24. The van der Waals surface area contributed by atoms with Crippen molar-refractivity contribution in [3.05, 3.63) is 35.1 Å². The van der Waals surface area contributed by atoms with Crippen LogP contribution in [-0.2, 0) is 6.42 Å². The van der Waals surface area contributed by atoms with Crippen molar-refractivity contribution < 1.29 is 13.2 Å². The minimum absolute atomic E-state index is 0.199. The minimum Gasteiger partial charge on any atom is -0.317 e. The molecule has 0 aliphatic heterocycles. The molecule has 0 bridgehead atoms. The normalized spacial score (nSPS) is 10.6. The van der Waals surface area contributed by atoms with Crippen LogP contribution in [0.1, 0.15) is 12.5 Å². The molecule has 0 atom stereocenters. The third-order valence-electron chi connectivity index (χ3n) is 1.94. The first-order valence-electron chi connectivity index (χ1n) is 4.50. The SMILES string of the molecule is CCNCCc1ccc(F)c(F)c1F. The van der Waals surface area contributed by atoms with Gasteiger partial charge in [-0.3, -0.25) is 0 Å². The van der Waals surface area contributed by atoms with Crippen molar-refractivity contribution in [3.8, 4) is 0 Å². The first-order valence-corrected chi connectivity index (χ1v) is 4.50. The van der Waals surface area contributed by atoms with Gasteiger partial charge in [0.2, 0.25) is 0 Å². The van der Waals surface area contributed by atoms with Crippen molar-refractivity contribution in [3.63, 3.8) is 0 Å². The van der Waals surface area contributed by atoms with E-state index >= 15 is 0 Å². The number of rotatable bonds is 4. The van der Waals surface area contributed by atoms with E-state index in [-0.39, 0.29) is 5.56 Å². The standard InChI is InChI=1S/C10H12F3N/c1-2-14-6-5-7-3-4-8(11)10(13)9(7)12/h3-4,14H,2,5-6H2,1H3.